The van der Waals surface area contributed by atoms with Crippen LogP contribution in [0.5, 0.6) is 0 Å². The van der Waals surface area contributed by atoms with Crippen LogP contribution in [0.4, 0.5) is 0 Å². The van der Waals surface area contributed by atoms with Gasteiger partial charge in [0.15, 0.2) is 0 Å². The SMILES string of the molecule is CCCCCCCC/C=C\CCCCCCCC(=O)NCCN(CC)CCN(CC)CCC. The number of nitrogens with zero attached hydrogens (tertiary/aromatic N) is 2. The zero-order valence-electron chi connectivity index (χ0n) is 23.0. The molecule has 4 heteroatoms. The van der Waals surface area contributed by atoms with Crippen LogP contribution in [0.2, 0.25) is 0 Å². The summed E-state index contributed by atoms with van der Waals surface area (Å²) in [6.45, 7) is 16.3. The Morgan fingerprint density at radius 3 is 1.67 bits per heavy atom. The summed E-state index contributed by atoms with van der Waals surface area (Å²) in [6, 6.07) is 0. The number of hydrogen-bond donors (Lipinski definition) is 1. The number of nitrogens with one attached hydrogen (secondary N) is 1. The highest BCUT2D eigenvalue weighted by Gasteiger charge is 2.07. The molecule has 0 unspecified atom stereocenters. The van der Waals surface area contributed by atoms with Crippen molar-refractivity contribution in [3.8, 4) is 0 Å². The number of amides is 1. The summed E-state index contributed by atoms with van der Waals surface area (Å²) in [7, 11) is 0. The highest BCUT2D eigenvalue weighted by molar-refractivity contribution is 5.75. The molecule has 0 heterocycles. The predicted octanol–water partition coefficient (Wildman–Crippen LogP) is 7.19. The van der Waals surface area contributed by atoms with Crippen molar-refractivity contribution in [2.24, 2.45) is 0 Å². The Labute approximate surface area is 207 Å². The largest absolute Gasteiger partial charge is 0.355 e. The predicted molar refractivity (Wildman–Crippen MR) is 147 cm³/mol. The van der Waals surface area contributed by atoms with Crippen LogP contribution < -0.4 is 5.32 Å². The first-order valence-electron chi connectivity index (χ1n) is 14.5. The average molecular weight is 466 g/mol. The van der Waals surface area contributed by atoms with Gasteiger partial charge in [-0.25, -0.2) is 0 Å². The van der Waals surface area contributed by atoms with Crippen LogP contribution >= 0.6 is 0 Å². The van der Waals surface area contributed by atoms with Gasteiger partial charge < -0.3 is 15.1 Å². The van der Waals surface area contributed by atoms with Crippen molar-refractivity contribution < 1.29 is 4.79 Å². The van der Waals surface area contributed by atoms with E-state index in [4.69, 9.17) is 0 Å². The minimum Gasteiger partial charge on any atom is -0.355 e. The molecule has 0 saturated carbocycles. The first kappa shape index (κ1) is 32.1. The van der Waals surface area contributed by atoms with Crippen molar-refractivity contribution in [3.63, 3.8) is 0 Å². The van der Waals surface area contributed by atoms with E-state index in [0.717, 1.165) is 45.7 Å². The van der Waals surface area contributed by atoms with Gasteiger partial charge in [-0.05, 0) is 58.2 Å². The maximum atomic E-state index is 12.1. The maximum Gasteiger partial charge on any atom is 0.220 e. The van der Waals surface area contributed by atoms with E-state index in [0.29, 0.717) is 6.42 Å². The van der Waals surface area contributed by atoms with Crippen molar-refractivity contribution in [1.29, 1.82) is 0 Å². The minimum atomic E-state index is 0.227. The number of likely N-dealkylation sites (N-methyl/N-ethyl adjacent to an activating group) is 2. The Balaban J connectivity index is 3.52. The molecule has 0 fully saturated rings. The third kappa shape index (κ3) is 22.7. The van der Waals surface area contributed by atoms with Crippen molar-refractivity contribution in [2.45, 2.75) is 124 Å². The zero-order chi connectivity index (χ0) is 24.4. The van der Waals surface area contributed by atoms with Crippen molar-refractivity contribution in [2.75, 3.05) is 45.8 Å². The molecule has 0 atom stereocenters. The van der Waals surface area contributed by atoms with E-state index in [1.165, 1.54) is 90.0 Å². The van der Waals surface area contributed by atoms with Crippen LogP contribution in [0.3, 0.4) is 0 Å². The minimum absolute atomic E-state index is 0.227. The van der Waals surface area contributed by atoms with Gasteiger partial charge in [0, 0.05) is 32.6 Å². The molecule has 0 aliphatic rings. The molecular formula is C29H59N3O. The Kier molecular flexibility index (Phi) is 25.1. The highest BCUT2D eigenvalue weighted by Crippen LogP contribution is 2.10. The van der Waals surface area contributed by atoms with Gasteiger partial charge in [-0.15, -0.1) is 0 Å². The second-order valence-corrected chi connectivity index (χ2v) is 9.55. The number of carbonyl (C=O) groups is 1. The Morgan fingerprint density at radius 2 is 1.12 bits per heavy atom. The van der Waals surface area contributed by atoms with Crippen LogP contribution in [0.15, 0.2) is 12.2 Å². The monoisotopic (exact) mass is 465 g/mol. The van der Waals surface area contributed by atoms with E-state index >= 15 is 0 Å². The lowest BCUT2D eigenvalue weighted by molar-refractivity contribution is -0.121. The summed E-state index contributed by atoms with van der Waals surface area (Å²) in [5.41, 5.74) is 0. The van der Waals surface area contributed by atoms with Gasteiger partial charge in [-0.3, -0.25) is 4.79 Å². The summed E-state index contributed by atoms with van der Waals surface area (Å²) >= 11 is 0. The molecule has 4 nitrogen and oxygen atoms in total. The van der Waals surface area contributed by atoms with Gasteiger partial charge in [0.05, 0.1) is 0 Å². The van der Waals surface area contributed by atoms with Gasteiger partial charge in [0.2, 0.25) is 5.91 Å². The normalized spacial score (nSPS) is 11.8. The van der Waals surface area contributed by atoms with E-state index in [9.17, 15) is 4.79 Å². The van der Waals surface area contributed by atoms with Gasteiger partial charge in [0.1, 0.15) is 0 Å². The summed E-state index contributed by atoms with van der Waals surface area (Å²) < 4.78 is 0. The maximum absolute atomic E-state index is 12.1. The molecule has 0 aromatic heterocycles. The van der Waals surface area contributed by atoms with Crippen LogP contribution in [-0.2, 0) is 4.79 Å². The fourth-order valence-electron chi connectivity index (χ4n) is 4.25. The molecule has 0 aromatic carbocycles. The van der Waals surface area contributed by atoms with Gasteiger partial charge >= 0.3 is 0 Å². The van der Waals surface area contributed by atoms with Crippen LogP contribution in [0.25, 0.3) is 0 Å². The van der Waals surface area contributed by atoms with Crippen molar-refractivity contribution >= 4 is 5.91 Å². The first-order valence-corrected chi connectivity index (χ1v) is 14.5. The summed E-state index contributed by atoms with van der Waals surface area (Å²) in [5, 5.41) is 3.12. The van der Waals surface area contributed by atoms with E-state index in [-0.39, 0.29) is 5.91 Å². The summed E-state index contributed by atoms with van der Waals surface area (Å²) in [6.07, 6.45) is 23.5. The molecular weight excluding hydrogens is 406 g/mol. The van der Waals surface area contributed by atoms with Crippen molar-refractivity contribution in [3.05, 3.63) is 12.2 Å². The molecule has 0 aliphatic carbocycles. The van der Waals surface area contributed by atoms with Crippen molar-refractivity contribution in [1.82, 2.24) is 15.1 Å². The lowest BCUT2D eigenvalue weighted by atomic mass is 10.1. The van der Waals surface area contributed by atoms with Gasteiger partial charge in [-0.1, -0.05) is 91.2 Å². The first-order chi connectivity index (χ1) is 16.2. The lowest BCUT2D eigenvalue weighted by Crippen LogP contribution is -2.39. The molecule has 33 heavy (non-hydrogen) atoms. The van der Waals surface area contributed by atoms with E-state index in [1.54, 1.807) is 0 Å². The number of allylic oxidation sites excluding steroid dienone is 2. The smallest absolute Gasteiger partial charge is 0.220 e. The third-order valence-electron chi connectivity index (χ3n) is 6.58. The Morgan fingerprint density at radius 1 is 0.606 bits per heavy atom. The van der Waals surface area contributed by atoms with Crippen LogP contribution in [-0.4, -0.2) is 61.5 Å². The van der Waals surface area contributed by atoms with Crippen LogP contribution in [0, 0.1) is 0 Å². The third-order valence-corrected chi connectivity index (χ3v) is 6.58. The van der Waals surface area contributed by atoms with E-state index < -0.39 is 0 Å². The number of hydrogen-bond acceptors (Lipinski definition) is 3. The molecule has 0 spiro atoms. The molecule has 0 rings (SSSR count). The quantitative estimate of drug-likeness (QED) is 0.114. The molecule has 0 bridgehead atoms. The molecule has 0 radical (unpaired) electrons. The zero-order valence-corrected chi connectivity index (χ0v) is 23.0. The number of carbonyl (C=O) groups excluding carboxylic acids is 1. The fourth-order valence-corrected chi connectivity index (χ4v) is 4.25. The molecule has 0 aromatic rings. The molecule has 0 aliphatic heterocycles. The second-order valence-electron chi connectivity index (χ2n) is 9.55. The Bertz CT molecular complexity index is 439. The summed E-state index contributed by atoms with van der Waals surface area (Å²) in [5.74, 6) is 0.227. The average Bonchev–Trinajstić information content (AvgIpc) is 2.82. The molecule has 196 valence electrons. The Hall–Kier alpha value is -0.870. The number of unbranched alkanes of at least 4 members (excludes halogenated alkanes) is 11. The molecule has 1 N–H and O–H groups in total. The highest BCUT2D eigenvalue weighted by atomic mass is 16.1. The molecule has 0 saturated heterocycles. The number of rotatable bonds is 25. The van der Waals surface area contributed by atoms with E-state index in [1.807, 2.05) is 0 Å². The summed E-state index contributed by atoms with van der Waals surface area (Å²) in [4.78, 5) is 17.1. The standard InChI is InChI=1S/C29H59N3O/c1-5-9-10-11-12-13-14-15-16-17-18-19-20-21-22-23-29(33)30-24-26-32(8-4)28-27-31(7-3)25-6-2/h15-16H,5-14,17-28H2,1-4H3,(H,30,33)/b16-15-. The van der Waals surface area contributed by atoms with Crippen LogP contribution in [0.1, 0.15) is 124 Å². The van der Waals surface area contributed by atoms with E-state index in [2.05, 4.69) is 55.0 Å². The topological polar surface area (TPSA) is 35.6 Å². The lowest BCUT2D eigenvalue weighted by Gasteiger charge is -2.25. The fraction of sp³-hybridized carbons (Fsp3) is 0.897. The van der Waals surface area contributed by atoms with Gasteiger partial charge in [-0.2, -0.15) is 0 Å². The second kappa shape index (κ2) is 25.7. The molecule has 1 amide bonds. The van der Waals surface area contributed by atoms with Gasteiger partial charge in [0.25, 0.3) is 0 Å².